The van der Waals surface area contributed by atoms with Crippen molar-refractivity contribution in [3.8, 4) is 5.75 Å². The molecule has 2 N–H and O–H groups in total. The molecule has 0 radical (unpaired) electrons. The molecule has 1 aromatic heterocycles. The summed E-state index contributed by atoms with van der Waals surface area (Å²) in [6.45, 7) is 0.417. The van der Waals surface area contributed by atoms with E-state index in [1.807, 2.05) is 24.3 Å². The lowest BCUT2D eigenvalue weighted by Crippen LogP contribution is -2.24. The Labute approximate surface area is 117 Å². The number of nitrogens with two attached hydrogens (primary N) is 1. The number of ether oxygens (including phenoxy) is 2. The molecule has 0 fully saturated rings. The molecule has 20 heavy (non-hydrogen) atoms. The highest BCUT2D eigenvalue weighted by Gasteiger charge is 2.14. The molecule has 1 atom stereocenters. The van der Waals surface area contributed by atoms with Gasteiger partial charge in [-0.3, -0.25) is 0 Å². The second-order valence-electron chi connectivity index (χ2n) is 4.39. The third kappa shape index (κ3) is 3.55. The maximum Gasteiger partial charge on any atom is 0.229 e. The molecule has 0 aliphatic heterocycles. The number of aromatic nitrogens is 2. The van der Waals surface area contributed by atoms with E-state index in [2.05, 4.69) is 10.1 Å². The first-order valence-electron chi connectivity index (χ1n) is 6.43. The normalized spacial score (nSPS) is 12.3. The van der Waals surface area contributed by atoms with Crippen LogP contribution in [0.1, 0.15) is 17.3 Å². The second kappa shape index (κ2) is 7.02. The number of methoxy groups -OCH3 is 2. The summed E-state index contributed by atoms with van der Waals surface area (Å²) in [4.78, 5) is 4.35. The standard InChI is InChI=1S/C14H19N3O3/c1-18-11(9-15)8-14-16-13(17-20-14)7-10-5-3-4-6-12(10)19-2/h3-6,11H,7-9,15H2,1-2H3. The third-order valence-corrected chi connectivity index (χ3v) is 3.05. The minimum Gasteiger partial charge on any atom is -0.496 e. The van der Waals surface area contributed by atoms with Gasteiger partial charge >= 0.3 is 0 Å². The molecule has 2 aromatic rings. The van der Waals surface area contributed by atoms with Gasteiger partial charge in [-0.15, -0.1) is 0 Å². The molecular formula is C14H19N3O3. The molecule has 6 heteroatoms. The number of para-hydroxylation sites is 1. The van der Waals surface area contributed by atoms with Crippen molar-refractivity contribution in [2.75, 3.05) is 20.8 Å². The molecule has 1 unspecified atom stereocenters. The van der Waals surface area contributed by atoms with Gasteiger partial charge in [-0.05, 0) is 6.07 Å². The van der Waals surface area contributed by atoms with Gasteiger partial charge in [-0.1, -0.05) is 23.4 Å². The summed E-state index contributed by atoms with van der Waals surface area (Å²) in [5.41, 5.74) is 6.59. The van der Waals surface area contributed by atoms with Crippen LogP contribution in [-0.2, 0) is 17.6 Å². The Morgan fingerprint density at radius 1 is 1.30 bits per heavy atom. The average molecular weight is 277 g/mol. The highest BCUT2D eigenvalue weighted by molar-refractivity contribution is 5.35. The largest absolute Gasteiger partial charge is 0.496 e. The first-order valence-corrected chi connectivity index (χ1v) is 6.43. The van der Waals surface area contributed by atoms with Crippen molar-refractivity contribution in [2.24, 2.45) is 5.73 Å². The van der Waals surface area contributed by atoms with Gasteiger partial charge in [-0.2, -0.15) is 4.98 Å². The van der Waals surface area contributed by atoms with E-state index in [0.29, 0.717) is 31.1 Å². The van der Waals surface area contributed by atoms with Crippen molar-refractivity contribution in [1.29, 1.82) is 0 Å². The highest BCUT2D eigenvalue weighted by Crippen LogP contribution is 2.19. The van der Waals surface area contributed by atoms with Gasteiger partial charge in [0.25, 0.3) is 0 Å². The van der Waals surface area contributed by atoms with Gasteiger partial charge in [0.15, 0.2) is 5.82 Å². The number of benzene rings is 1. The summed E-state index contributed by atoms with van der Waals surface area (Å²) < 4.78 is 15.7. The minimum atomic E-state index is -0.102. The number of hydrogen-bond acceptors (Lipinski definition) is 6. The molecular weight excluding hydrogens is 258 g/mol. The van der Waals surface area contributed by atoms with Crippen LogP contribution >= 0.6 is 0 Å². The van der Waals surface area contributed by atoms with E-state index in [9.17, 15) is 0 Å². The van der Waals surface area contributed by atoms with Crippen LogP contribution in [0.3, 0.4) is 0 Å². The molecule has 0 amide bonds. The Hall–Kier alpha value is -1.92. The van der Waals surface area contributed by atoms with Crippen LogP contribution in [0.4, 0.5) is 0 Å². The quantitative estimate of drug-likeness (QED) is 0.818. The lowest BCUT2D eigenvalue weighted by Gasteiger charge is -2.08. The van der Waals surface area contributed by atoms with E-state index >= 15 is 0 Å². The first-order chi connectivity index (χ1) is 9.76. The molecule has 0 saturated carbocycles. The van der Waals surface area contributed by atoms with Gasteiger partial charge < -0.3 is 19.7 Å². The smallest absolute Gasteiger partial charge is 0.229 e. The number of hydrogen-bond donors (Lipinski definition) is 1. The van der Waals surface area contributed by atoms with E-state index in [4.69, 9.17) is 19.7 Å². The molecule has 108 valence electrons. The van der Waals surface area contributed by atoms with E-state index in [-0.39, 0.29) is 6.10 Å². The molecule has 1 aromatic carbocycles. The number of rotatable bonds is 7. The van der Waals surface area contributed by atoms with Crippen molar-refractivity contribution >= 4 is 0 Å². The molecule has 0 spiro atoms. The minimum absolute atomic E-state index is 0.102. The maximum absolute atomic E-state index is 5.57. The van der Waals surface area contributed by atoms with E-state index in [1.165, 1.54) is 0 Å². The molecule has 1 heterocycles. The van der Waals surface area contributed by atoms with Crippen LogP contribution in [0, 0.1) is 0 Å². The van der Waals surface area contributed by atoms with Gasteiger partial charge in [0.05, 0.1) is 19.6 Å². The monoisotopic (exact) mass is 277 g/mol. The Kier molecular flexibility index (Phi) is 5.09. The average Bonchev–Trinajstić information content (AvgIpc) is 2.92. The predicted octanol–water partition coefficient (Wildman–Crippen LogP) is 1.19. The van der Waals surface area contributed by atoms with Gasteiger partial charge in [0.1, 0.15) is 5.75 Å². The SMILES string of the molecule is COc1ccccc1Cc1noc(CC(CN)OC)n1. The van der Waals surface area contributed by atoms with Crippen molar-refractivity contribution in [2.45, 2.75) is 18.9 Å². The fraction of sp³-hybridized carbons (Fsp3) is 0.429. The summed E-state index contributed by atoms with van der Waals surface area (Å²) >= 11 is 0. The lowest BCUT2D eigenvalue weighted by atomic mass is 10.1. The number of nitrogens with zero attached hydrogens (tertiary/aromatic N) is 2. The lowest BCUT2D eigenvalue weighted by molar-refractivity contribution is 0.102. The predicted molar refractivity (Wildman–Crippen MR) is 73.7 cm³/mol. The summed E-state index contributed by atoms with van der Waals surface area (Å²) in [7, 11) is 3.26. The van der Waals surface area contributed by atoms with Crippen LogP contribution in [0.5, 0.6) is 5.75 Å². The van der Waals surface area contributed by atoms with Gasteiger partial charge in [0, 0.05) is 25.6 Å². The molecule has 2 rings (SSSR count). The first kappa shape index (κ1) is 14.5. The molecule has 0 aliphatic carbocycles. The van der Waals surface area contributed by atoms with Crippen LogP contribution < -0.4 is 10.5 Å². The molecule has 0 bridgehead atoms. The Bertz CT molecular complexity index is 538. The second-order valence-corrected chi connectivity index (χ2v) is 4.39. The summed E-state index contributed by atoms with van der Waals surface area (Å²) in [5.74, 6) is 1.97. The van der Waals surface area contributed by atoms with Gasteiger partial charge in [-0.25, -0.2) is 0 Å². The Morgan fingerprint density at radius 3 is 2.80 bits per heavy atom. The summed E-state index contributed by atoms with van der Waals surface area (Å²) in [6, 6.07) is 7.76. The fourth-order valence-corrected chi connectivity index (χ4v) is 1.92. The Morgan fingerprint density at radius 2 is 2.10 bits per heavy atom. The molecule has 0 saturated heterocycles. The summed E-state index contributed by atoms with van der Waals surface area (Å²) in [6.07, 6.45) is 0.981. The molecule has 6 nitrogen and oxygen atoms in total. The van der Waals surface area contributed by atoms with E-state index < -0.39 is 0 Å². The van der Waals surface area contributed by atoms with Gasteiger partial charge in [0.2, 0.25) is 5.89 Å². The van der Waals surface area contributed by atoms with Crippen molar-refractivity contribution in [3.05, 3.63) is 41.5 Å². The van der Waals surface area contributed by atoms with Crippen molar-refractivity contribution < 1.29 is 14.0 Å². The zero-order valence-electron chi connectivity index (χ0n) is 11.7. The fourth-order valence-electron chi connectivity index (χ4n) is 1.92. The highest BCUT2D eigenvalue weighted by atomic mass is 16.5. The van der Waals surface area contributed by atoms with Crippen LogP contribution in [0.2, 0.25) is 0 Å². The zero-order valence-corrected chi connectivity index (χ0v) is 11.7. The summed E-state index contributed by atoms with van der Waals surface area (Å²) in [5, 5.41) is 3.97. The van der Waals surface area contributed by atoms with E-state index in [0.717, 1.165) is 11.3 Å². The van der Waals surface area contributed by atoms with Crippen molar-refractivity contribution in [3.63, 3.8) is 0 Å². The van der Waals surface area contributed by atoms with Crippen LogP contribution in [0.15, 0.2) is 28.8 Å². The van der Waals surface area contributed by atoms with Crippen molar-refractivity contribution in [1.82, 2.24) is 10.1 Å². The molecule has 0 aliphatic rings. The topological polar surface area (TPSA) is 83.4 Å². The van der Waals surface area contributed by atoms with Crippen LogP contribution in [0.25, 0.3) is 0 Å². The Balaban J connectivity index is 2.06. The van der Waals surface area contributed by atoms with E-state index in [1.54, 1.807) is 14.2 Å². The maximum atomic E-state index is 5.57. The zero-order chi connectivity index (χ0) is 14.4. The third-order valence-electron chi connectivity index (χ3n) is 3.05. The van der Waals surface area contributed by atoms with Crippen LogP contribution in [-0.4, -0.2) is 37.0 Å².